The quantitative estimate of drug-likeness (QED) is 0.696. The van der Waals surface area contributed by atoms with E-state index < -0.39 is 17.8 Å². The molecule has 0 spiro atoms. The molecule has 0 saturated carbocycles. The number of Topliss-reactive ketones (excluding diaryl/α,β-unsaturated/α-hetero) is 1. The first kappa shape index (κ1) is 20.4. The topological polar surface area (TPSA) is 55.4 Å². The molecule has 1 aliphatic carbocycles. The summed E-state index contributed by atoms with van der Waals surface area (Å²) >= 11 is 6.52. The lowest BCUT2D eigenvalue weighted by Crippen LogP contribution is -2.42. The zero-order valence-electron chi connectivity index (χ0n) is 16.9. The average molecular weight is 422 g/mol. The van der Waals surface area contributed by atoms with Crippen LogP contribution in [0.1, 0.15) is 42.7 Å². The predicted octanol–water partition coefficient (Wildman–Crippen LogP) is 5.12. The molecular formula is C25H24ClNO3. The Morgan fingerprint density at radius 1 is 1.13 bits per heavy atom. The zero-order chi connectivity index (χ0) is 21.3. The standard InChI is InChI=1S/C25H24ClNO3/c1-3-30-25(29)22-15(2)27-20-13-17(16-9-5-4-6-10-16)14-21(28)24(20)23(22)18-11-7-8-12-19(18)26/h4-12,17,22-23,27H,2-3,13-14H2,1H3. The fraction of sp³-hybridized carbons (Fsp3) is 0.280. The van der Waals surface area contributed by atoms with Crippen LogP contribution in [0.5, 0.6) is 0 Å². The third kappa shape index (κ3) is 3.68. The van der Waals surface area contributed by atoms with Crippen molar-refractivity contribution in [3.8, 4) is 0 Å². The van der Waals surface area contributed by atoms with Crippen molar-refractivity contribution in [2.45, 2.75) is 31.6 Å². The van der Waals surface area contributed by atoms with Crippen LogP contribution in [0.15, 0.2) is 78.1 Å². The molecule has 2 aromatic rings. The van der Waals surface area contributed by atoms with Gasteiger partial charge < -0.3 is 10.1 Å². The second-order valence-corrected chi connectivity index (χ2v) is 8.12. The maximum absolute atomic E-state index is 13.4. The number of rotatable bonds is 4. The summed E-state index contributed by atoms with van der Waals surface area (Å²) in [5, 5.41) is 3.80. The summed E-state index contributed by atoms with van der Waals surface area (Å²) in [6, 6.07) is 17.4. The molecule has 4 nitrogen and oxygen atoms in total. The second-order valence-electron chi connectivity index (χ2n) is 7.71. The van der Waals surface area contributed by atoms with Crippen molar-refractivity contribution in [1.82, 2.24) is 5.32 Å². The Morgan fingerprint density at radius 3 is 2.53 bits per heavy atom. The van der Waals surface area contributed by atoms with Gasteiger partial charge in [0.15, 0.2) is 5.78 Å². The first-order chi connectivity index (χ1) is 14.5. The molecule has 0 saturated heterocycles. The van der Waals surface area contributed by atoms with Crippen molar-refractivity contribution in [2.75, 3.05) is 6.61 Å². The Kier molecular flexibility index (Phi) is 5.78. The minimum atomic E-state index is -0.708. The van der Waals surface area contributed by atoms with Gasteiger partial charge in [-0.2, -0.15) is 0 Å². The fourth-order valence-corrected chi connectivity index (χ4v) is 4.84. The number of halogens is 1. The Bertz CT molecular complexity index is 1030. The Morgan fingerprint density at radius 2 is 1.83 bits per heavy atom. The number of nitrogens with one attached hydrogen (secondary N) is 1. The number of benzene rings is 2. The SMILES string of the molecule is C=C1NC2=C(C(=O)CC(c3ccccc3)C2)C(c2ccccc2Cl)C1C(=O)OCC. The number of ether oxygens (including phenoxy) is 1. The predicted molar refractivity (Wildman–Crippen MR) is 117 cm³/mol. The number of hydrogen-bond donors (Lipinski definition) is 1. The molecule has 0 aromatic heterocycles. The highest BCUT2D eigenvalue weighted by Crippen LogP contribution is 2.48. The van der Waals surface area contributed by atoms with E-state index in [9.17, 15) is 9.59 Å². The van der Waals surface area contributed by atoms with E-state index in [0.29, 0.717) is 29.1 Å². The van der Waals surface area contributed by atoms with E-state index in [1.165, 1.54) is 0 Å². The highest BCUT2D eigenvalue weighted by atomic mass is 35.5. The van der Waals surface area contributed by atoms with E-state index in [1.807, 2.05) is 48.5 Å². The number of esters is 1. The van der Waals surface area contributed by atoms with Gasteiger partial charge in [-0.25, -0.2) is 0 Å². The molecule has 0 radical (unpaired) electrons. The van der Waals surface area contributed by atoms with Crippen LogP contribution in [0.3, 0.4) is 0 Å². The van der Waals surface area contributed by atoms with Gasteiger partial charge in [0, 0.05) is 34.3 Å². The van der Waals surface area contributed by atoms with E-state index >= 15 is 0 Å². The van der Waals surface area contributed by atoms with Crippen LogP contribution >= 0.6 is 11.6 Å². The van der Waals surface area contributed by atoms with Gasteiger partial charge in [0.2, 0.25) is 0 Å². The zero-order valence-corrected chi connectivity index (χ0v) is 17.6. The first-order valence-electron chi connectivity index (χ1n) is 10.2. The van der Waals surface area contributed by atoms with Crippen LogP contribution in [-0.4, -0.2) is 18.4 Å². The van der Waals surface area contributed by atoms with E-state index in [1.54, 1.807) is 13.0 Å². The van der Waals surface area contributed by atoms with Gasteiger partial charge in [0.1, 0.15) is 5.92 Å². The lowest BCUT2D eigenvalue weighted by molar-refractivity contribution is -0.147. The average Bonchev–Trinajstić information content (AvgIpc) is 2.74. The maximum Gasteiger partial charge on any atom is 0.315 e. The molecular weight excluding hydrogens is 398 g/mol. The number of carbonyl (C=O) groups excluding carboxylic acids is 2. The molecule has 1 heterocycles. The van der Waals surface area contributed by atoms with Crippen LogP contribution in [0, 0.1) is 5.92 Å². The molecule has 0 fully saturated rings. The largest absolute Gasteiger partial charge is 0.465 e. The van der Waals surface area contributed by atoms with E-state index in [-0.39, 0.29) is 18.3 Å². The lowest BCUT2D eigenvalue weighted by atomic mass is 9.69. The molecule has 2 aliphatic rings. The summed E-state index contributed by atoms with van der Waals surface area (Å²) in [7, 11) is 0. The van der Waals surface area contributed by atoms with E-state index in [4.69, 9.17) is 16.3 Å². The van der Waals surface area contributed by atoms with Crippen molar-refractivity contribution in [3.63, 3.8) is 0 Å². The van der Waals surface area contributed by atoms with Gasteiger partial charge in [-0.05, 0) is 36.5 Å². The summed E-state index contributed by atoms with van der Waals surface area (Å²) in [4.78, 5) is 26.3. The fourth-order valence-electron chi connectivity index (χ4n) is 4.58. The number of ketones is 1. The molecule has 30 heavy (non-hydrogen) atoms. The van der Waals surface area contributed by atoms with Gasteiger partial charge in [-0.15, -0.1) is 0 Å². The molecule has 3 atom stereocenters. The van der Waals surface area contributed by atoms with Gasteiger partial charge in [0.25, 0.3) is 0 Å². The summed E-state index contributed by atoms with van der Waals surface area (Å²) in [5.74, 6) is -1.50. The van der Waals surface area contributed by atoms with Crippen LogP contribution in [0.2, 0.25) is 5.02 Å². The van der Waals surface area contributed by atoms with E-state index in [0.717, 1.165) is 16.8 Å². The number of allylic oxidation sites excluding steroid dienone is 2. The third-order valence-electron chi connectivity index (χ3n) is 5.89. The van der Waals surface area contributed by atoms with Crippen molar-refractivity contribution in [3.05, 3.63) is 94.3 Å². The molecule has 5 heteroatoms. The normalized spacial score (nSPS) is 23.6. The highest BCUT2D eigenvalue weighted by molar-refractivity contribution is 6.31. The second kappa shape index (κ2) is 8.49. The monoisotopic (exact) mass is 421 g/mol. The molecule has 154 valence electrons. The molecule has 1 N–H and O–H groups in total. The van der Waals surface area contributed by atoms with Crippen LogP contribution in [0.25, 0.3) is 0 Å². The van der Waals surface area contributed by atoms with Crippen LogP contribution in [-0.2, 0) is 14.3 Å². The van der Waals surface area contributed by atoms with Gasteiger partial charge in [-0.1, -0.05) is 66.7 Å². The Hall–Kier alpha value is -2.85. The van der Waals surface area contributed by atoms with Crippen LogP contribution < -0.4 is 5.32 Å². The Labute approximate surface area is 181 Å². The smallest absolute Gasteiger partial charge is 0.315 e. The molecule has 2 aromatic carbocycles. The van der Waals surface area contributed by atoms with Crippen molar-refractivity contribution in [1.29, 1.82) is 0 Å². The summed E-state index contributed by atoms with van der Waals surface area (Å²) in [6.07, 6.45) is 1.08. The summed E-state index contributed by atoms with van der Waals surface area (Å²) in [5.41, 5.74) is 3.88. The third-order valence-corrected chi connectivity index (χ3v) is 6.24. The van der Waals surface area contributed by atoms with Gasteiger partial charge >= 0.3 is 5.97 Å². The summed E-state index contributed by atoms with van der Waals surface area (Å²) < 4.78 is 5.33. The summed E-state index contributed by atoms with van der Waals surface area (Å²) in [6.45, 7) is 6.14. The van der Waals surface area contributed by atoms with Crippen molar-refractivity contribution in [2.24, 2.45) is 5.92 Å². The minimum Gasteiger partial charge on any atom is -0.465 e. The molecule has 0 amide bonds. The first-order valence-corrected chi connectivity index (χ1v) is 10.6. The van der Waals surface area contributed by atoms with Crippen LogP contribution in [0.4, 0.5) is 0 Å². The maximum atomic E-state index is 13.4. The van der Waals surface area contributed by atoms with Crippen molar-refractivity contribution < 1.29 is 14.3 Å². The Balaban J connectivity index is 1.82. The highest BCUT2D eigenvalue weighted by Gasteiger charge is 2.45. The molecule has 0 bridgehead atoms. The van der Waals surface area contributed by atoms with Gasteiger partial charge in [-0.3, -0.25) is 9.59 Å². The molecule has 3 unspecified atom stereocenters. The van der Waals surface area contributed by atoms with E-state index in [2.05, 4.69) is 11.9 Å². The number of carbonyl (C=O) groups is 2. The molecule has 4 rings (SSSR count). The van der Waals surface area contributed by atoms with Gasteiger partial charge in [0.05, 0.1) is 6.61 Å². The lowest BCUT2D eigenvalue weighted by Gasteiger charge is -2.40. The molecule has 1 aliphatic heterocycles. The number of hydrogen-bond acceptors (Lipinski definition) is 4. The van der Waals surface area contributed by atoms with Crippen molar-refractivity contribution >= 4 is 23.4 Å². The minimum absolute atomic E-state index is 0.0318.